The van der Waals surface area contributed by atoms with Gasteiger partial charge in [-0.1, -0.05) is 45.7 Å². The molecule has 0 aromatic heterocycles. The molecule has 1 aromatic carbocycles. The van der Waals surface area contributed by atoms with Gasteiger partial charge in [-0.25, -0.2) is 8.42 Å². The summed E-state index contributed by atoms with van der Waals surface area (Å²) in [6.07, 6.45) is 4.09. The van der Waals surface area contributed by atoms with Gasteiger partial charge in [0.2, 0.25) is 10.0 Å². The molecule has 1 saturated carbocycles. The number of ether oxygens (including phenoxy) is 1. The van der Waals surface area contributed by atoms with Crippen molar-refractivity contribution in [2.75, 3.05) is 13.1 Å². The second-order valence-corrected chi connectivity index (χ2v) is 12.0. The first kappa shape index (κ1) is 24.7. The fraction of sp³-hybridized carbons (Fsp3) is 0.667. The molecule has 0 radical (unpaired) electrons. The summed E-state index contributed by atoms with van der Waals surface area (Å²) in [5.74, 6) is -1.08. The standard InChI is InChI=1S/C24H36N2O5S/c1-17(22(27)25-20-7-5-6-8-20)31-23(28)18-13-15-26(16-14-18)32(29,30)21-11-9-19(10-12-21)24(2,3)4/h9-12,17-18,20H,5-8,13-16H2,1-4H3,(H,25,27). The maximum atomic E-state index is 13.0. The van der Waals surface area contributed by atoms with Gasteiger partial charge in [0.25, 0.3) is 5.91 Å². The topological polar surface area (TPSA) is 92.8 Å². The van der Waals surface area contributed by atoms with Crippen molar-refractivity contribution in [3.8, 4) is 0 Å². The molecule has 1 N–H and O–H groups in total. The lowest BCUT2D eigenvalue weighted by Crippen LogP contribution is -2.44. The highest BCUT2D eigenvalue weighted by Gasteiger charge is 2.34. The molecule has 2 aliphatic rings. The maximum Gasteiger partial charge on any atom is 0.309 e. The van der Waals surface area contributed by atoms with Gasteiger partial charge in [0, 0.05) is 19.1 Å². The van der Waals surface area contributed by atoms with Crippen LogP contribution in [0.5, 0.6) is 0 Å². The van der Waals surface area contributed by atoms with Crippen LogP contribution in [0.1, 0.15) is 71.8 Å². The predicted molar refractivity (Wildman–Crippen MR) is 123 cm³/mol. The molecule has 1 saturated heterocycles. The molecule has 0 bridgehead atoms. The minimum Gasteiger partial charge on any atom is -0.452 e. The van der Waals surface area contributed by atoms with E-state index >= 15 is 0 Å². The SMILES string of the molecule is CC(OC(=O)C1CCN(S(=O)(=O)c2ccc(C(C)(C)C)cc2)CC1)C(=O)NC1CCCC1. The van der Waals surface area contributed by atoms with Crippen molar-refractivity contribution < 1.29 is 22.7 Å². The van der Waals surface area contributed by atoms with Crippen molar-refractivity contribution in [3.63, 3.8) is 0 Å². The number of carbonyl (C=O) groups excluding carboxylic acids is 2. The third-order valence-corrected chi connectivity index (χ3v) is 8.42. The number of amides is 1. The minimum atomic E-state index is -3.61. The first-order chi connectivity index (χ1) is 15.0. The van der Waals surface area contributed by atoms with Crippen LogP contribution in [0.4, 0.5) is 0 Å². The van der Waals surface area contributed by atoms with Gasteiger partial charge < -0.3 is 10.1 Å². The molecule has 1 aromatic rings. The number of sulfonamides is 1. The average molecular weight is 465 g/mol. The van der Waals surface area contributed by atoms with Gasteiger partial charge in [0.05, 0.1) is 10.8 Å². The van der Waals surface area contributed by atoms with Gasteiger partial charge in [-0.3, -0.25) is 9.59 Å². The van der Waals surface area contributed by atoms with Gasteiger partial charge in [0.1, 0.15) is 0 Å². The molecule has 7 nitrogen and oxygen atoms in total. The first-order valence-corrected chi connectivity index (χ1v) is 13.0. The molecule has 178 valence electrons. The third kappa shape index (κ3) is 5.90. The molecule has 2 fully saturated rings. The summed E-state index contributed by atoms with van der Waals surface area (Å²) < 4.78 is 32.8. The lowest BCUT2D eigenvalue weighted by Gasteiger charge is -2.31. The largest absolute Gasteiger partial charge is 0.452 e. The van der Waals surface area contributed by atoms with Crippen LogP contribution < -0.4 is 5.32 Å². The van der Waals surface area contributed by atoms with Crippen LogP contribution in [0.3, 0.4) is 0 Å². The molecule has 3 rings (SSSR count). The highest BCUT2D eigenvalue weighted by Crippen LogP contribution is 2.28. The summed E-state index contributed by atoms with van der Waals surface area (Å²) in [5, 5.41) is 2.94. The zero-order valence-corrected chi connectivity index (χ0v) is 20.4. The molecule has 1 aliphatic carbocycles. The van der Waals surface area contributed by atoms with Crippen LogP contribution in [0.15, 0.2) is 29.2 Å². The van der Waals surface area contributed by atoms with E-state index in [0.29, 0.717) is 12.8 Å². The normalized spacial score (nSPS) is 20.1. The zero-order valence-electron chi connectivity index (χ0n) is 19.6. The molecule has 1 aliphatic heterocycles. The Morgan fingerprint density at radius 2 is 1.59 bits per heavy atom. The fourth-order valence-electron chi connectivity index (χ4n) is 4.32. The Labute approximate surface area is 191 Å². The molecule has 1 heterocycles. The Balaban J connectivity index is 1.52. The van der Waals surface area contributed by atoms with Gasteiger partial charge in [-0.05, 0) is 55.7 Å². The number of benzene rings is 1. The maximum absolute atomic E-state index is 13.0. The Morgan fingerprint density at radius 1 is 1.03 bits per heavy atom. The number of esters is 1. The van der Waals surface area contributed by atoms with Gasteiger partial charge in [-0.15, -0.1) is 0 Å². The van der Waals surface area contributed by atoms with Gasteiger partial charge >= 0.3 is 5.97 Å². The average Bonchev–Trinajstić information content (AvgIpc) is 3.26. The molecular formula is C24H36N2O5S. The number of nitrogens with zero attached hydrogens (tertiary/aromatic N) is 1. The number of hydrogen-bond donors (Lipinski definition) is 1. The monoisotopic (exact) mass is 464 g/mol. The molecule has 8 heteroatoms. The number of nitrogens with one attached hydrogen (secondary N) is 1. The van der Waals surface area contributed by atoms with E-state index in [-0.39, 0.29) is 35.3 Å². The van der Waals surface area contributed by atoms with Crippen LogP contribution in [-0.2, 0) is 29.8 Å². The van der Waals surface area contributed by atoms with E-state index in [0.717, 1.165) is 31.2 Å². The summed E-state index contributed by atoms with van der Waals surface area (Å²) in [5.41, 5.74) is 1.02. The Hall–Kier alpha value is -1.93. The molecule has 1 unspecified atom stereocenters. The van der Waals surface area contributed by atoms with Crippen molar-refractivity contribution in [2.45, 2.75) is 88.7 Å². The Morgan fingerprint density at radius 3 is 2.12 bits per heavy atom. The third-order valence-electron chi connectivity index (χ3n) is 6.51. The lowest BCUT2D eigenvalue weighted by atomic mass is 9.87. The van der Waals surface area contributed by atoms with Crippen molar-refractivity contribution >= 4 is 21.9 Å². The summed E-state index contributed by atoms with van der Waals surface area (Å²) in [6.45, 7) is 8.35. The van der Waals surface area contributed by atoms with Crippen LogP contribution in [0.2, 0.25) is 0 Å². The minimum absolute atomic E-state index is 0.0495. The molecule has 0 spiro atoms. The number of piperidine rings is 1. The van der Waals surface area contributed by atoms with E-state index in [1.54, 1.807) is 19.1 Å². The summed E-state index contributed by atoms with van der Waals surface area (Å²) in [7, 11) is -3.61. The summed E-state index contributed by atoms with van der Waals surface area (Å²) >= 11 is 0. The van der Waals surface area contributed by atoms with Gasteiger partial charge in [-0.2, -0.15) is 4.31 Å². The van der Waals surface area contributed by atoms with E-state index in [1.165, 1.54) is 4.31 Å². The van der Waals surface area contributed by atoms with Crippen LogP contribution in [0, 0.1) is 5.92 Å². The molecular weight excluding hydrogens is 428 g/mol. The van der Waals surface area contributed by atoms with E-state index < -0.39 is 28.0 Å². The Kier molecular flexibility index (Phi) is 7.65. The first-order valence-electron chi connectivity index (χ1n) is 11.6. The number of hydrogen-bond acceptors (Lipinski definition) is 5. The van der Waals surface area contributed by atoms with Crippen LogP contribution in [0.25, 0.3) is 0 Å². The van der Waals surface area contributed by atoms with Crippen LogP contribution >= 0.6 is 0 Å². The number of carbonyl (C=O) groups is 2. The highest BCUT2D eigenvalue weighted by molar-refractivity contribution is 7.89. The Bertz CT molecular complexity index is 907. The predicted octanol–water partition coefficient (Wildman–Crippen LogP) is 3.38. The smallest absolute Gasteiger partial charge is 0.309 e. The molecule has 1 atom stereocenters. The van der Waals surface area contributed by atoms with Crippen molar-refractivity contribution in [2.24, 2.45) is 5.92 Å². The number of rotatable bonds is 6. The second kappa shape index (κ2) is 9.91. The quantitative estimate of drug-likeness (QED) is 0.652. The van der Waals surface area contributed by atoms with E-state index in [4.69, 9.17) is 4.74 Å². The van der Waals surface area contributed by atoms with Crippen molar-refractivity contribution in [3.05, 3.63) is 29.8 Å². The van der Waals surface area contributed by atoms with E-state index in [9.17, 15) is 18.0 Å². The highest BCUT2D eigenvalue weighted by atomic mass is 32.2. The summed E-state index contributed by atoms with van der Waals surface area (Å²) in [4.78, 5) is 25.1. The van der Waals surface area contributed by atoms with Crippen molar-refractivity contribution in [1.29, 1.82) is 0 Å². The van der Waals surface area contributed by atoms with Crippen LogP contribution in [-0.4, -0.2) is 49.8 Å². The molecule has 1 amide bonds. The second-order valence-electron chi connectivity index (χ2n) is 10.0. The molecule has 32 heavy (non-hydrogen) atoms. The summed E-state index contributed by atoms with van der Waals surface area (Å²) in [6, 6.07) is 7.20. The fourth-order valence-corrected chi connectivity index (χ4v) is 5.79. The van der Waals surface area contributed by atoms with Gasteiger partial charge in [0.15, 0.2) is 6.10 Å². The zero-order chi connectivity index (χ0) is 23.5. The van der Waals surface area contributed by atoms with Crippen molar-refractivity contribution in [1.82, 2.24) is 9.62 Å². The van der Waals surface area contributed by atoms with E-state index in [2.05, 4.69) is 26.1 Å². The lowest BCUT2D eigenvalue weighted by molar-refractivity contribution is -0.160. The van der Waals surface area contributed by atoms with E-state index in [1.807, 2.05) is 12.1 Å².